The molecule has 0 heterocycles. The Hall–Kier alpha value is -0.250. The Kier molecular flexibility index (Phi) is 11.1. The fourth-order valence-electron chi connectivity index (χ4n) is 4.10. The van der Waals surface area contributed by atoms with Gasteiger partial charge in [-0.25, -0.2) is 0 Å². The van der Waals surface area contributed by atoms with E-state index in [9.17, 15) is 5.11 Å². The molecular formula is C26H24Cl6NbOP. The zero-order chi connectivity index (χ0) is 24.9. The first-order valence-corrected chi connectivity index (χ1v) is 26.3. The van der Waals surface area contributed by atoms with Crippen LogP contribution in [0.15, 0.2) is 121 Å². The van der Waals surface area contributed by atoms with E-state index in [1.165, 1.54) is 15.9 Å². The number of hydrogen-bond donors (Lipinski definition) is 1. The molecule has 0 spiro atoms. The van der Waals surface area contributed by atoms with Gasteiger partial charge in [0, 0.05) is 12.5 Å². The van der Waals surface area contributed by atoms with Crippen LogP contribution in [0.4, 0.5) is 0 Å². The minimum absolute atomic E-state index is 0. The second kappa shape index (κ2) is 12.5. The Morgan fingerprint density at radius 3 is 1.03 bits per heavy atom. The minimum atomic E-state index is -4.33. The summed E-state index contributed by atoms with van der Waals surface area (Å²) in [6.45, 7) is 1.98. The van der Waals surface area contributed by atoms with Crippen LogP contribution in [0.1, 0.15) is 12.5 Å². The Balaban J connectivity index is 0.000000552. The van der Waals surface area contributed by atoms with E-state index in [0.29, 0.717) is 0 Å². The molecule has 0 bridgehead atoms. The summed E-state index contributed by atoms with van der Waals surface area (Å²) >= 11 is 0. The Labute approximate surface area is 234 Å². The Morgan fingerprint density at radius 2 is 0.771 bits per heavy atom. The molecule has 0 aliphatic heterocycles. The van der Waals surface area contributed by atoms with Gasteiger partial charge < -0.3 is 17.5 Å². The van der Waals surface area contributed by atoms with Crippen molar-refractivity contribution in [3.63, 3.8) is 0 Å². The molecule has 35 heavy (non-hydrogen) atoms. The second-order valence-corrected chi connectivity index (χ2v) is 44.8. The summed E-state index contributed by atoms with van der Waals surface area (Å²) in [4.78, 5) is 0. The molecule has 1 N–H and O–H groups in total. The van der Waals surface area contributed by atoms with Crippen molar-refractivity contribution in [1.29, 1.82) is 0 Å². The molecule has 0 aromatic heterocycles. The van der Waals surface area contributed by atoms with Crippen LogP contribution in [0.3, 0.4) is 0 Å². The molecule has 4 aromatic rings. The third kappa shape index (κ3) is 8.12. The number of hydrogen-bond acceptors (Lipinski definition) is 1. The van der Waals surface area contributed by atoms with E-state index in [1.807, 2.05) is 55.5 Å². The molecule has 0 fully saturated rings. The van der Waals surface area contributed by atoms with Crippen molar-refractivity contribution in [3.05, 3.63) is 127 Å². The number of rotatable bonds is 5. The van der Waals surface area contributed by atoms with Gasteiger partial charge in [-0.05, 0) is 36.4 Å². The van der Waals surface area contributed by atoms with Crippen LogP contribution >= 0.6 is 53.2 Å². The second-order valence-electron chi connectivity index (χ2n) is 7.70. The van der Waals surface area contributed by atoms with Crippen molar-refractivity contribution in [2.24, 2.45) is 0 Å². The van der Waals surface area contributed by atoms with E-state index in [-0.39, 0.29) is 12.4 Å². The molecule has 9 heteroatoms. The molecule has 1 atom stereocenters. The first kappa shape index (κ1) is 31.0. The topological polar surface area (TPSA) is 20.2 Å². The first-order chi connectivity index (χ1) is 15.9. The van der Waals surface area contributed by atoms with Crippen molar-refractivity contribution >= 4 is 69.1 Å². The van der Waals surface area contributed by atoms with Crippen LogP contribution in [0.25, 0.3) is 0 Å². The number of halogens is 6. The quantitative estimate of drug-likeness (QED) is 0.223. The summed E-state index contributed by atoms with van der Waals surface area (Å²) in [5, 5.41) is 14.7. The average molecular weight is 689 g/mol. The van der Waals surface area contributed by atoms with Crippen molar-refractivity contribution in [1.82, 2.24) is 0 Å². The van der Waals surface area contributed by atoms with Gasteiger partial charge in [0.25, 0.3) is 0 Å². The molecule has 0 aliphatic carbocycles. The van der Waals surface area contributed by atoms with E-state index in [2.05, 4.69) is 72.8 Å². The molecule has 1 nitrogen and oxygen atoms in total. The maximum atomic E-state index is 12.3. The van der Waals surface area contributed by atoms with Crippen LogP contribution in [-0.4, -0.2) is 5.11 Å². The van der Waals surface area contributed by atoms with Gasteiger partial charge in [0.1, 0.15) is 23.2 Å². The third-order valence-corrected chi connectivity index (χ3v) is 10.2. The zero-order valence-corrected chi connectivity index (χ0v) is 26.3. The van der Waals surface area contributed by atoms with Crippen LogP contribution in [0.2, 0.25) is 0 Å². The van der Waals surface area contributed by atoms with Crippen LogP contribution in [0.5, 0.6) is 0 Å². The predicted octanol–water partition coefficient (Wildman–Crippen LogP) is 5.29. The summed E-state index contributed by atoms with van der Waals surface area (Å²) in [5.41, 5.74) is 0.930. The van der Waals surface area contributed by atoms with Gasteiger partial charge >= 0.3 is 56.4 Å². The van der Waals surface area contributed by atoms with Crippen LogP contribution in [-0.2, 0) is 15.8 Å². The number of benzene rings is 4. The molecule has 0 aliphatic rings. The van der Waals surface area contributed by atoms with Crippen molar-refractivity contribution in [3.8, 4) is 0 Å². The van der Waals surface area contributed by atoms with Crippen molar-refractivity contribution in [2.45, 2.75) is 12.3 Å². The summed E-state index contributed by atoms with van der Waals surface area (Å²) in [7, 11) is 18.5. The summed E-state index contributed by atoms with van der Waals surface area (Å²) < 4.78 is 0. The molecule has 4 aromatic carbocycles. The molecule has 4 rings (SSSR count). The normalized spacial score (nSPS) is 14.2. The molecule has 0 amide bonds. The zero-order valence-electron chi connectivity index (χ0n) is 18.7. The number of aliphatic hydroxyl groups is 1. The van der Waals surface area contributed by atoms with Gasteiger partial charge in [-0.3, -0.25) is 0 Å². The van der Waals surface area contributed by atoms with Gasteiger partial charge in [-0.15, -0.1) is 0 Å². The van der Waals surface area contributed by atoms with E-state index in [1.54, 1.807) is 0 Å². The summed E-state index contributed by atoms with van der Waals surface area (Å²) in [5.74, 6) is 0. The predicted molar refractivity (Wildman–Crippen MR) is 150 cm³/mol. The molecule has 1 unspecified atom stereocenters. The fourth-order valence-corrected chi connectivity index (χ4v) is 8.90. The average Bonchev–Trinajstić information content (AvgIpc) is 2.81. The molecular weight excluding hydrogens is 665 g/mol. The molecule has 186 valence electrons. The van der Waals surface area contributed by atoms with Crippen molar-refractivity contribution in [2.75, 3.05) is 0 Å². The third-order valence-electron chi connectivity index (χ3n) is 5.40. The fraction of sp³-hybridized carbons (Fsp3) is 0.0769. The monoisotopic (exact) mass is 686 g/mol. The molecule has 0 radical (unpaired) electrons. The van der Waals surface area contributed by atoms with Gasteiger partial charge in [0.05, 0.1) is 0 Å². The SMILES string of the molecule is CC(O)(c1ccccc1)[P+](c1ccccc1)(c1ccccc1)c1ccccc1.[Cl-].[Cl][Nb]([Cl])([Cl])([Cl])[Cl]. The summed E-state index contributed by atoms with van der Waals surface area (Å²) in [6, 6.07) is 41.5. The van der Waals surface area contributed by atoms with E-state index in [4.69, 9.17) is 45.9 Å². The van der Waals surface area contributed by atoms with E-state index in [0.717, 1.165) is 5.56 Å². The Bertz CT molecular complexity index is 1070. The van der Waals surface area contributed by atoms with E-state index >= 15 is 0 Å². The molecule has 0 saturated heterocycles. The van der Waals surface area contributed by atoms with Crippen LogP contribution in [0, 0.1) is 0 Å². The van der Waals surface area contributed by atoms with Gasteiger partial charge in [-0.1, -0.05) is 84.9 Å². The van der Waals surface area contributed by atoms with Gasteiger partial charge in [0.2, 0.25) is 5.34 Å². The Morgan fingerprint density at radius 1 is 0.543 bits per heavy atom. The standard InChI is InChI=1S/C26H24OP.6ClH.Nb/c1-26(27,22-14-6-2-7-15-22)28(23-16-8-3-9-17-23,24-18-10-4-11-19-24)25-20-12-5-13-21-25;;;;;;;/h2-21,27H,1H3;6*1H;/q+1;;;;;;;+5/p-6. The van der Waals surface area contributed by atoms with Crippen molar-refractivity contribution < 1.29 is 27.9 Å². The maximum absolute atomic E-state index is 12.3. The summed E-state index contributed by atoms with van der Waals surface area (Å²) in [6.07, 6.45) is 0. The van der Waals surface area contributed by atoms with E-state index < -0.39 is 23.0 Å². The van der Waals surface area contributed by atoms with Crippen LogP contribution < -0.4 is 28.3 Å². The molecule has 0 saturated carbocycles. The van der Waals surface area contributed by atoms with Gasteiger partial charge in [0.15, 0.2) is 0 Å². The first-order valence-electron chi connectivity index (χ1n) is 10.4. The van der Waals surface area contributed by atoms with Gasteiger partial charge in [-0.2, -0.15) is 0 Å².